The van der Waals surface area contributed by atoms with E-state index < -0.39 is 0 Å². The van der Waals surface area contributed by atoms with Gasteiger partial charge in [0.2, 0.25) is 0 Å². The number of nitrogens with two attached hydrogens (primary N) is 1. The van der Waals surface area contributed by atoms with E-state index in [1.54, 1.807) is 6.20 Å². The molecule has 0 aromatic carbocycles. The van der Waals surface area contributed by atoms with Gasteiger partial charge in [-0.3, -0.25) is 0 Å². The van der Waals surface area contributed by atoms with Crippen LogP contribution in [0.15, 0.2) is 6.20 Å². The molecule has 1 aliphatic carbocycles. The fraction of sp³-hybridized carbons (Fsp3) is 0.556. The molecule has 1 heterocycles. The van der Waals surface area contributed by atoms with E-state index in [9.17, 15) is 0 Å². The molecule has 0 aliphatic heterocycles. The minimum atomic E-state index is 0.623. The van der Waals surface area contributed by atoms with Crippen molar-refractivity contribution in [2.75, 3.05) is 5.73 Å². The van der Waals surface area contributed by atoms with Crippen molar-refractivity contribution in [3.05, 3.63) is 17.7 Å². The Morgan fingerprint density at radius 3 is 2.92 bits per heavy atom. The highest BCUT2D eigenvalue weighted by Crippen LogP contribution is 2.41. The number of hydrogen-bond donors (Lipinski definition) is 1. The van der Waals surface area contributed by atoms with Gasteiger partial charge >= 0.3 is 0 Å². The smallest absolute Gasteiger partial charge is 0.128 e. The van der Waals surface area contributed by atoms with Gasteiger partial charge in [-0.05, 0) is 12.8 Å². The quantitative estimate of drug-likeness (QED) is 0.718. The molecule has 0 radical (unpaired) electrons. The van der Waals surface area contributed by atoms with Crippen molar-refractivity contribution in [2.24, 2.45) is 0 Å². The molecule has 1 fully saturated rings. The monoisotopic (exact) mass is 163 g/mol. The van der Waals surface area contributed by atoms with E-state index >= 15 is 0 Å². The molecular weight excluding hydrogens is 150 g/mol. The summed E-state index contributed by atoms with van der Waals surface area (Å²) in [5.41, 5.74) is 7.59. The predicted octanol–water partition coefficient (Wildman–Crippen LogP) is 1.50. The number of rotatable bonds is 2. The second-order valence-corrected chi connectivity index (χ2v) is 3.25. The largest absolute Gasteiger partial charge is 0.396 e. The van der Waals surface area contributed by atoms with E-state index in [1.165, 1.54) is 12.8 Å². The van der Waals surface area contributed by atoms with E-state index in [0.717, 1.165) is 23.6 Å². The average molecular weight is 163 g/mol. The second kappa shape index (κ2) is 2.73. The molecule has 1 aromatic heterocycles. The van der Waals surface area contributed by atoms with Crippen LogP contribution in [0.2, 0.25) is 0 Å². The summed E-state index contributed by atoms with van der Waals surface area (Å²) in [6, 6.07) is 0. The highest BCUT2D eigenvalue weighted by molar-refractivity contribution is 5.44. The lowest BCUT2D eigenvalue weighted by molar-refractivity contribution is 0.887. The second-order valence-electron chi connectivity index (χ2n) is 3.25. The highest BCUT2D eigenvalue weighted by atomic mass is 14.9. The Labute approximate surface area is 72.0 Å². The standard InChI is InChI=1S/C9H13N3/c1-2-8-11-5-7(10)9(12-8)6-3-4-6/h5-6H,2-4,10H2,1H3. The van der Waals surface area contributed by atoms with Crippen molar-refractivity contribution in [2.45, 2.75) is 32.1 Å². The van der Waals surface area contributed by atoms with Gasteiger partial charge in [0.05, 0.1) is 17.6 Å². The molecule has 0 amide bonds. The summed E-state index contributed by atoms with van der Waals surface area (Å²) in [6.07, 6.45) is 5.11. The molecule has 12 heavy (non-hydrogen) atoms. The normalized spacial score (nSPS) is 16.4. The number of aryl methyl sites for hydroxylation is 1. The number of hydrogen-bond acceptors (Lipinski definition) is 3. The summed E-state index contributed by atoms with van der Waals surface area (Å²) in [7, 11) is 0. The first-order valence-electron chi connectivity index (χ1n) is 4.42. The van der Waals surface area contributed by atoms with Gasteiger partial charge in [-0.2, -0.15) is 0 Å². The first-order chi connectivity index (χ1) is 5.81. The Kier molecular flexibility index (Phi) is 1.71. The van der Waals surface area contributed by atoms with Crippen molar-refractivity contribution < 1.29 is 0 Å². The van der Waals surface area contributed by atoms with Gasteiger partial charge in [-0.15, -0.1) is 0 Å². The summed E-state index contributed by atoms with van der Waals surface area (Å²) >= 11 is 0. The van der Waals surface area contributed by atoms with Gasteiger partial charge in [0.1, 0.15) is 5.82 Å². The van der Waals surface area contributed by atoms with Gasteiger partial charge < -0.3 is 5.73 Å². The molecule has 2 N–H and O–H groups in total. The maximum atomic E-state index is 5.76. The molecule has 0 unspecified atom stereocenters. The summed E-state index contributed by atoms with van der Waals surface area (Å²) in [5.74, 6) is 1.53. The molecule has 2 rings (SSSR count). The maximum absolute atomic E-state index is 5.76. The van der Waals surface area contributed by atoms with Gasteiger partial charge in [0.15, 0.2) is 0 Å². The number of nitrogen functional groups attached to an aromatic ring is 1. The van der Waals surface area contributed by atoms with Crippen molar-refractivity contribution in [3.63, 3.8) is 0 Å². The van der Waals surface area contributed by atoms with E-state index in [-0.39, 0.29) is 0 Å². The van der Waals surface area contributed by atoms with Crippen LogP contribution in [0.4, 0.5) is 5.69 Å². The zero-order valence-corrected chi connectivity index (χ0v) is 7.25. The lowest BCUT2D eigenvalue weighted by Gasteiger charge is -2.03. The molecule has 0 spiro atoms. The van der Waals surface area contributed by atoms with Crippen LogP contribution in [0.3, 0.4) is 0 Å². The summed E-state index contributed by atoms with van der Waals surface area (Å²) < 4.78 is 0. The maximum Gasteiger partial charge on any atom is 0.128 e. The zero-order chi connectivity index (χ0) is 8.55. The average Bonchev–Trinajstić information content (AvgIpc) is 2.88. The fourth-order valence-electron chi connectivity index (χ4n) is 1.30. The SMILES string of the molecule is CCc1ncc(N)c(C2CC2)n1. The Hall–Kier alpha value is -1.12. The molecule has 0 bridgehead atoms. The summed E-state index contributed by atoms with van der Waals surface area (Å²) in [5, 5.41) is 0. The van der Waals surface area contributed by atoms with Gasteiger partial charge in [0.25, 0.3) is 0 Å². The molecule has 3 heteroatoms. The Balaban J connectivity index is 2.36. The topological polar surface area (TPSA) is 51.8 Å². The third-order valence-electron chi connectivity index (χ3n) is 2.18. The van der Waals surface area contributed by atoms with Crippen LogP contribution in [-0.2, 0) is 6.42 Å². The molecule has 64 valence electrons. The lowest BCUT2D eigenvalue weighted by atomic mass is 10.2. The minimum Gasteiger partial charge on any atom is -0.396 e. The first-order valence-corrected chi connectivity index (χ1v) is 4.42. The predicted molar refractivity (Wildman–Crippen MR) is 47.8 cm³/mol. The van der Waals surface area contributed by atoms with Crippen molar-refractivity contribution in [3.8, 4) is 0 Å². The lowest BCUT2D eigenvalue weighted by Crippen LogP contribution is -2.01. The zero-order valence-electron chi connectivity index (χ0n) is 7.25. The number of nitrogens with zero attached hydrogens (tertiary/aromatic N) is 2. The molecule has 3 nitrogen and oxygen atoms in total. The third-order valence-corrected chi connectivity index (χ3v) is 2.18. The molecule has 1 aliphatic rings. The minimum absolute atomic E-state index is 0.623. The molecular formula is C9H13N3. The van der Waals surface area contributed by atoms with E-state index in [0.29, 0.717) is 5.92 Å². The van der Waals surface area contributed by atoms with E-state index in [2.05, 4.69) is 16.9 Å². The van der Waals surface area contributed by atoms with Crippen LogP contribution in [0.25, 0.3) is 0 Å². The Morgan fingerprint density at radius 2 is 2.33 bits per heavy atom. The third kappa shape index (κ3) is 1.26. The summed E-state index contributed by atoms with van der Waals surface area (Å²) in [6.45, 7) is 2.06. The van der Waals surface area contributed by atoms with Crippen LogP contribution < -0.4 is 5.73 Å². The molecule has 1 saturated carbocycles. The van der Waals surface area contributed by atoms with Crippen LogP contribution in [-0.4, -0.2) is 9.97 Å². The van der Waals surface area contributed by atoms with Crippen LogP contribution in [0.1, 0.15) is 37.2 Å². The van der Waals surface area contributed by atoms with Crippen molar-refractivity contribution in [1.82, 2.24) is 9.97 Å². The summed E-state index contributed by atoms with van der Waals surface area (Å²) in [4.78, 5) is 8.55. The van der Waals surface area contributed by atoms with Crippen LogP contribution in [0, 0.1) is 0 Å². The molecule has 0 saturated heterocycles. The first kappa shape index (κ1) is 7.53. The molecule has 0 atom stereocenters. The van der Waals surface area contributed by atoms with Crippen LogP contribution in [0.5, 0.6) is 0 Å². The number of aromatic nitrogens is 2. The van der Waals surface area contributed by atoms with Gasteiger partial charge in [-0.25, -0.2) is 9.97 Å². The fourth-order valence-corrected chi connectivity index (χ4v) is 1.30. The Bertz CT molecular complexity index is 292. The van der Waals surface area contributed by atoms with Crippen molar-refractivity contribution >= 4 is 5.69 Å². The van der Waals surface area contributed by atoms with Gasteiger partial charge in [0, 0.05) is 12.3 Å². The number of anilines is 1. The highest BCUT2D eigenvalue weighted by Gasteiger charge is 2.27. The van der Waals surface area contributed by atoms with E-state index in [4.69, 9.17) is 5.73 Å². The molecule has 1 aromatic rings. The Morgan fingerprint density at radius 1 is 1.58 bits per heavy atom. The van der Waals surface area contributed by atoms with Crippen molar-refractivity contribution in [1.29, 1.82) is 0 Å². The van der Waals surface area contributed by atoms with Gasteiger partial charge in [-0.1, -0.05) is 6.92 Å². The van der Waals surface area contributed by atoms with Crippen LogP contribution >= 0.6 is 0 Å². The van der Waals surface area contributed by atoms with E-state index in [1.807, 2.05) is 0 Å².